The summed E-state index contributed by atoms with van der Waals surface area (Å²) < 4.78 is 12.7. The second-order valence-electron chi connectivity index (χ2n) is 3.64. The van der Waals surface area contributed by atoms with Gasteiger partial charge in [0.1, 0.15) is 11.7 Å². The van der Waals surface area contributed by atoms with Gasteiger partial charge in [0, 0.05) is 6.04 Å². The fraction of sp³-hybridized carbons (Fsp3) is 0.417. The SMILES string of the molecule is CC[C@@H](Cc1ccc(F)cc1)NC(=O)CCl. The molecule has 0 aliphatic heterocycles. The molecule has 0 aromatic heterocycles. The monoisotopic (exact) mass is 243 g/mol. The van der Waals surface area contributed by atoms with Crippen LogP contribution in [0.25, 0.3) is 0 Å². The molecule has 0 saturated heterocycles. The largest absolute Gasteiger partial charge is 0.352 e. The molecule has 0 heterocycles. The molecule has 0 unspecified atom stereocenters. The molecule has 2 nitrogen and oxygen atoms in total. The number of hydrogen-bond donors (Lipinski definition) is 1. The Morgan fingerprint density at radius 2 is 2.06 bits per heavy atom. The van der Waals surface area contributed by atoms with Crippen molar-refractivity contribution in [1.29, 1.82) is 0 Å². The molecule has 1 atom stereocenters. The zero-order valence-corrected chi connectivity index (χ0v) is 9.93. The summed E-state index contributed by atoms with van der Waals surface area (Å²) in [6, 6.07) is 6.35. The molecule has 0 fully saturated rings. The Morgan fingerprint density at radius 1 is 1.44 bits per heavy atom. The van der Waals surface area contributed by atoms with E-state index in [1.807, 2.05) is 6.92 Å². The van der Waals surface area contributed by atoms with Crippen molar-refractivity contribution in [3.63, 3.8) is 0 Å². The summed E-state index contributed by atoms with van der Waals surface area (Å²) in [5.74, 6) is -0.447. The molecule has 1 aromatic rings. The molecule has 0 spiro atoms. The van der Waals surface area contributed by atoms with Crippen molar-refractivity contribution in [2.24, 2.45) is 0 Å². The first-order chi connectivity index (χ1) is 7.65. The molecule has 0 bridgehead atoms. The molecule has 0 aliphatic rings. The van der Waals surface area contributed by atoms with E-state index in [4.69, 9.17) is 11.6 Å². The molecule has 0 aliphatic carbocycles. The minimum absolute atomic E-state index is 0.0279. The Balaban J connectivity index is 2.56. The number of amides is 1. The first kappa shape index (κ1) is 13.0. The van der Waals surface area contributed by atoms with Crippen LogP contribution in [0, 0.1) is 5.82 Å². The summed E-state index contributed by atoms with van der Waals surface area (Å²) in [7, 11) is 0. The third-order valence-electron chi connectivity index (χ3n) is 2.37. The summed E-state index contributed by atoms with van der Waals surface area (Å²) >= 11 is 5.42. The van der Waals surface area contributed by atoms with Crippen LogP contribution in [0.2, 0.25) is 0 Å². The van der Waals surface area contributed by atoms with Crippen LogP contribution in [0.3, 0.4) is 0 Å². The number of benzene rings is 1. The second kappa shape index (κ2) is 6.48. The van der Waals surface area contributed by atoms with Crippen molar-refractivity contribution in [2.45, 2.75) is 25.8 Å². The highest BCUT2D eigenvalue weighted by Crippen LogP contribution is 2.07. The Morgan fingerprint density at radius 3 is 2.56 bits per heavy atom. The third-order valence-corrected chi connectivity index (χ3v) is 2.62. The minimum Gasteiger partial charge on any atom is -0.352 e. The van der Waals surface area contributed by atoms with Crippen molar-refractivity contribution in [2.75, 3.05) is 5.88 Å². The van der Waals surface area contributed by atoms with Crippen LogP contribution >= 0.6 is 11.6 Å². The van der Waals surface area contributed by atoms with Gasteiger partial charge in [0.2, 0.25) is 5.91 Å². The van der Waals surface area contributed by atoms with E-state index in [9.17, 15) is 9.18 Å². The molecular formula is C12H15ClFNO. The maximum atomic E-state index is 12.7. The fourth-order valence-electron chi connectivity index (χ4n) is 1.47. The fourth-order valence-corrected chi connectivity index (χ4v) is 1.55. The van der Waals surface area contributed by atoms with Crippen LogP contribution in [0.5, 0.6) is 0 Å². The van der Waals surface area contributed by atoms with E-state index in [1.165, 1.54) is 12.1 Å². The lowest BCUT2D eigenvalue weighted by atomic mass is 10.0. The van der Waals surface area contributed by atoms with E-state index in [0.717, 1.165) is 12.0 Å². The zero-order valence-electron chi connectivity index (χ0n) is 9.17. The van der Waals surface area contributed by atoms with Gasteiger partial charge in [-0.15, -0.1) is 11.6 Å². The van der Waals surface area contributed by atoms with Crippen LogP contribution in [0.1, 0.15) is 18.9 Å². The molecule has 16 heavy (non-hydrogen) atoms. The lowest BCUT2D eigenvalue weighted by molar-refractivity contribution is -0.119. The average molecular weight is 244 g/mol. The van der Waals surface area contributed by atoms with Crippen LogP contribution < -0.4 is 5.32 Å². The standard InChI is InChI=1S/C12H15ClFNO/c1-2-11(15-12(16)8-13)7-9-3-5-10(14)6-4-9/h3-6,11H,2,7-8H2,1H3,(H,15,16)/t11-/m0/s1. The predicted octanol–water partition coefficient (Wildman–Crippen LogP) is 2.50. The Kier molecular flexibility index (Phi) is 5.26. The van der Waals surface area contributed by atoms with Crippen molar-refractivity contribution in [3.05, 3.63) is 35.6 Å². The van der Waals surface area contributed by atoms with Crippen LogP contribution in [-0.4, -0.2) is 17.8 Å². The smallest absolute Gasteiger partial charge is 0.235 e. The number of carbonyl (C=O) groups excluding carboxylic acids is 1. The molecule has 1 amide bonds. The zero-order chi connectivity index (χ0) is 12.0. The number of nitrogens with one attached hydrogen (secondary N) is 1. The third kappa shape index (κ3) is 4.19. The predicted molar refractivity (Wildman–Crippen MR) is 63.0 cm³/mol. The highest BCUT2D eigenvalue weighted by molar-refractivity contribution is 6.27. The topological polar surface area (TPSA) is 29.1 Å². The molecule has 1 rings (SSSR count). The summed E-state index contributed by atoms with van der Waals surface area (Å²) in [6.07, 6.45) is 1.51. The van der Waals surface area contributed by atoms with Gasteiger partial charge in [-0.05, 0) is 30.5 Å². The molecular weight excluding hydrogens is 229 g/mol. The molecule has 1 N–H and O–H groups in total. The van der Waals surface area contributed by atoms with Gasteiger partial charge in [0.05, 0.1) is 0 Å². The highest BCUT2D eigenvalue weighted by Gasteiger charge is 2.10. The quantitative estimate of drug-likeness (QED) is 0.791. The maximum Gasteiger partial charge on any atom is 0.235 e. The van der Waals surface area contributed by atoms with Gasteiger partial charge in [0.25, 0.3) is 0 Å². The van der Waals surface area contributed by atoms with E-state index in [1.54, 1.807) is 12.1 Å². The molecule has 0 saturated carbocycles. The summed E-state index contributed by atoms with van der Waals surface area (Å²) in [5.41, 5.74) is 1.00. The van der Waals surface area contributed by atoms with Crippen LogP contribution in [-0.2, 0) is 11.2 Å². The van der Waals surface area contributed by atoms with E-state index < -0.39 is 0 Å². The van der Waals surface area contributed by atoms with Crippen molar-refractivity contribution < 1.29 is 9.18 Å². The van der Waals surface area contributed by atoms with Gasteiger partial charge in [-0.1, -0.05) is 19.1 Å². The first-order valence-electron chi connectivity index (χ1n) is 5.25. The minimum atomic E-state index is -0.249. The molecule has 1 aromatic carbocycles. The lowest BCUT2D eigenvalue weighted by Gasteiger charge is -2.16. The maximum absolute atomic E-state index is 12.7. The van der Waals surface area contributed by atoms with Gasteiger partial charge in [0.15, 0.2) is 0 Å². The van der Waals surface area contributed by atoms with E-state index >= 15 is 0 Å². The number of rotatable bonds is 5. The van der Waals surface area contributed by atoms with Crippen LogP contribution in [0.15, 0.2) is 24.3 Å². The van der Waals surface area contributed by atoms with Crippen molar-refractivity contribution in [1.82, 2.24) is 5.32 Å². The van der Waals surface area contributed by atoms with Crippen molar-refractivity contribution in [3.8, 4) is 0 Å². The number of alkyl halides is 1. The summed E-state index contributed by atoms with van der Waals surface area (Å²) in [5, 5.41) is 2.81. The van der Waals surface area contributed by atoms with Gasteiger partial charge in [-0.2, -0.15) is 0 Å². The Labute approximate surface area is 99.8 Å². The Bertz CT molecular complexity index is 339. The van der Waals surface area contributed by atoms with Gasteiger partial charge in [-0.3, -0.25) is 4.79 Å². The number of hydrogen-bond acceptors (Lipinski definition) is 1. The molecule has 88 valence electrons. The van der Waals surface area contributed by atoms with Crippen molar-refractivity contribution >= 4 is 17.5 Å². The van der Waals surface area contributed by atoms with E-state index in [2.05, 4.69) is 5.32 Å². The second-order valence-corrected chi connectivity index (χ2v) is 3.90. The normalized spacial score (nSPS) is 12.2. The van der Waals surface area contributed by atoms with Crippen LogP contribution in [0.4, 0.5) is 4.39 Å². The summed E-state index contributed by atoms with van der Waals surface area (Å²) in [4.78, 5) is 11.1. The summed E-state index contributed by atoms with van der Waals surface area (Å²) in [6.45, 7) is 1.99. The molecule has 0 radical (unpaired) electrons. The molecule has 4 heteroatoms. The van der Waals surface area contributed by atoms with Gasteiger partial charge >= 0.3 is 0 Å². The van der Waals surface area contributed by atoms with Gasteiger partial charge in [-0.25, -0.2) is 4.39 Å². The van der Waals surface area contributed by atoms with E-state index in [-0.39, 0.29) is 23.6 Å². The number of halogens is 2. The van der Waals surface area contributed by atoms with E-state index in [0.29, 0.717) is 6.42 Å². The highest BCUT2D eigenvalue weighted by atomic mass is 35.5. The first-order valence-corrected chi connectivity index (χ1v) is 5.79. The van der Waals surface area contributed by atoms with Gasteiger partial charge < -0.3 is 5.32 Å². The average Bonchev–Trinajstić information content (AvgIpc) is 2.30. The lowest BCUT2D eigenvalue weighted by Crippen LogP contribution is -2.36. The number of carbonyl (C=O) groups is 1. The Hall–Kier alpha value is -1.09.